The molecular formula is C12H13Cl2NO2. The molecule has 1 fully saturated rings. The highest BCUT2D eigenvalue weighted by Crippen LogP contribution is 2.45. The summed E-state index contributed by atoms with van der Waals surface area (Å²) in [7, 11) is 1.59. The molecule has 2 aliphatic heterocycles. The normalized spacial score (nSPS) is 26.5. The van der Waals surface area contributed by atoms with Gasteiger partial charge in [0.05, 0.1) is 29.9 Å². The molecule has 0 unspecified atom stereocenters. The van der Waals surface area contributed by atoms with Gasteiger partial charge < -0.3 is 14.8 Å². The minimum Gasteiger partial charge on any atom is -0.494 e. The Morgan fingerprint density at radius 2 is 2.24 bits per heavy atom. The Morgan fingerprint density at radius 3 is 3.00 bits per heavy atom. The zero-order chi connectivity index (χ0) is 12.0. The Balaban J connectivity index is 2.16. The van der Waals surface area contributed by atoms with Crippen LogP contribution in [0, 0.1) is 0 Å². The van der Waals surface area contributed by atoms with Crippen molar-refractivity contribution in [1.82, 2.24) is 5.32 Å². The number of rotatable bonds is 1. The maximum Gasteiger partial charge on any atom is 0.156 e. The van der Waals surface area contributed by atoms with Crippen LogP contribution >= 0.6 is 23.2 Å². The molecule has 0 aliphatic carbocycles. The van der Waals surface area contributed by atoms with E-state index in [0.717, 1.165) is 24.2 Å². The van der Waals surface area contributed by atoms with Crippen LogP contribution in [0.25, 0.3) is 0 Å². The van der Waals surface area contributed by atoms with Gasteiger partial charge in [-0.05, 0) is 17.2 Å². The minimum absolute atomic E-state index is 0.214. The average molecular weight is 274 g/mol. The molecule has 1 aromatic rings. The highest BCUT2D eigenvalue weighted by molar-refractivity contribution is 6.37. The number of ether oxygens (including phenoxy) is 2. The van der Waals surface area contributed by atoms with Gasteiger partial charge in [0, 0.05) is 19.0 Å². The fraction of sp³-hybridized carbons (Fsp3) is 0.500. The Labute approximate surface area is 110 Å². The lowest BCUT2D eigenvalue weighted by atomic mass is 9.89. The van der Waals surface area contributed by atoms with Crippen molar-refractivity contribution in [3.63, 3.8) is 0 Å². The van der Waals surface area contributed by atoms with E-state index in [9.17, 15) is 0 Å². The number of hydrogen-bond donors (Lipinski definition) is 1. The van der Waals surface area contributed by atoms with Gasteiger partial charge in [-0.2, -0.15) is 0 Å². The van der Waals surface area contributed by atoms with E-state index < -0.39 is 0 Å². The lowest BCUT2D eigenvalue weighted by Gasteiger charge is -2.29. The smallest absolute Gasteiger partial charge is 0.156 e. The Kier molecular flexibility index (Phi) is 2.95. The zero-order valence-electron chi connectivity index (χ0n) is 9.43. The predicted molar refractivity (Wildman–Crippen MR) is 67.2 cm³/mol. The molecule has 0 amide bonds. The lowest BCUT2D eigenvalue weighted by Crippen LogP contribution is -2.27. The van der Waals surface area contributed by atoms with Crippen molar-refractivity contribution in [3.8, 4) is 5.75 Å². The first-order valence-electron chi connectivity index (χ1n) is 5.59. The van der Waals surface area contributed by atoms with Crippen LogP contribution in [0.3, 0.4) is 0 Å². The number of hydrogen-bond acceptors (Lipinski definition) is 3. The van der Waals surface area contributed by atoms with Crippen LogP contribution in [-0.4, -0.2) is 26.3 Å². The quantitative estimate of drug-likeness (QED) is 0.853. The molecule has 3 nitrogen and oxygen atoms in total. The van der Waals surface area contributed by atoms with E-state index in [4.69, 9.17) is 32.7 Å². The first kappa shape index (κ1) is 11.6. The highest BCUT2D eigenvalue weighted by Gasteiger charge is 2.37. The minimum atomic E-state index is 0.214. The van der Waals surface area contributed by atoms with Crippen molar-refractivity contribution in [2.24, 2.45) is 0 Å². The van der Waals surface area contributed by atoms with Gasteiger partial charge in [-0.25, -0.2) is 0 Å². The number of methoxy groups -OCH3 is 1. The lowest BCUT2D eigenvalue weighted by molar-refractivity contribution is 0.0299. The first-order valence-corrected chi connectivity index (χ1v) is 6.35. The summed E-state index contributed by atoms with van der Waals surface area (Å²) in [6.45, 7) is 2.34. The second-order valence-electron chi connectivity index (χ2n) is 4.39. The van der Waals surface area contributed by atoms with Crippen LogP contribution in [-0.2, 0) is 11.3 Å². The third kappa shape index (κ3) is 1.73. The Bertz CT molecular complexity index is 464. The molecule has 0 spiro atoms. The van der Waals surface area contributed by atoms with Crippen LogP contribution in [0.5, 0.6) is 5.75 Å². The van der Waals surface area contributed by atoms with Gasteiger partial charge in [-0.1, -0.05) is 23.2 Å². The number of halogens is 2. The molecule has 0 bridgehead atoms. The van der Waals surface area contributed by atoms with E-state index in [2.05, 4.69) is 5.32 Å². The molecule has 0 radical (unpaired) electrons. The van der Waals surface area contributed by atoms with Gasteiger partial charge in [-0.15, -0.1) is 0 Å². The molecule has 0 saturated carbocycles. The van der Waals surface area contributed by atoms with Gasteiger partial charge in [0.15, 0.2) is 5.75 Å². The molecule has 2 aliphatic rings. The number of benzene rings is 1. The molecule has 0 aromatic heterocycles. The van der Waals surface area contributed by atoms with Crippen LogP contribution in [0.4, 0.5) is 0 Å². The SMILES string of the molecule is COc1c(Cl)cc2c(c1Cl)[C@H]1CNC[C@H]1OC2. The summed E-state index contributed by atoms with van der Waals surface area (Å²) in [4.78, 5) is 0. The summed E-state index contributed by atoms with van der Waals surface area (Å²) < 4.78 is 11.1. The van der Waals surface area contributed by atoms with Crippen molar-refractivity contribution in [3.05, 3.63) is 27.2 Å². The molecule has 2 heterocycles. The third-order valence-electron chi connectivity index (χ3n) is 3.49. The van der Waals surface area contributed by atoms with E-state index in [1.54, 1.807) is 7.11 Å². The molecular weight excluding hydrogens is 261 g/mol. The van der Waals surface area contributed by atoms with Crippen LogP contribution < -0.4 is 10.1 Å². The van der Waals surface area contributed by atoms with Gasteiger partial charge in [0.25, 0.3) is 0 Å². The summed E-state index contributed by atoms with van der Waals surface area (Å²) in [6.07, 6.45) is 0.214. The van der Waals surface area contributed by atoms with E-state index in [-0.39, 0.29) is 6.10 Å². The summed E-state index contributed by atoms with van der Waals surface area (Å²) in [5, 5.41) is 4.51. The molecule has 1 aromatic carbocycles. The Hall–Kier alpha value is -0.480. The summed E-state index contributed by atoms with van der Waals surface area (Å²) >= 11 is 12.5. The van der Waals surface area contributed by atoms with Gasteiger partial charge in [-0.3, -0.25) is 0 Å². The molecule has 5 heteroatoms. The van der Waals surface area contributed by atoms with E-state index >= 15 is 0 Å². The first-order chi connectivity index (χ1) is 8.22. The Morgan fingerprint density at radius 1 is 1.41 bits per heavy atom. The van der Waals surface area contributed by atoms with Crippen LogP contribution in [0.15, 0.2) is 6.07 Å². The van der Waals surface area contributed by atoms with Crippen molar-refractivity contribution in [2.45, 2.75) is 18.6 Å². The zero-order valence-corrected chi connectivity index (χ0v) is 10.9. The molecule has 17 heavy (non-hydrogen) atoms. The van der Waals surface area contributed by atoms with E-state index in [0.29, 0.717) is 28.3 Å². The fourth-order valence-electron chi connectivity index (χ4n) is 2.69. The van der Waals surface area contributed by atoms with Crippen LogP contribution in [0.2, 0.25) is 10.0 Å². The third-order valence-corrected chi connectivity index (χ3v) is 4.14. The molecule has 1 saturated heterocycles. The summed E-state index contributed by atoms with van der Waals surface area (Å²) in [5.41, 5.74) is 2.21. The van der Waals surface area contributed by atoms with Crippen molar-refractivity contribution < 1.29 is 9.47 Å². The van der Waals surface area contributed by atoms with Crippen molar-refractivity contribution in [2.75, 3.05) is 20.2 Å². The van der Waals surface area contributed by atoms with Gasteiger partial charge >= 0.3 is 0 Å². The second kappa shape index (κ2) is 4.32. The standard InChI is InChI=1S/C12H13Cl2NO2/c1-16-12-8(13)2-6-5-17-9-4-15-3-7(9)10(6)11(12)14/h2,7,9,15H,3-5H2,1H3/t7-,9+/m0/s1. The number of fused-ring (bicyclic) bond motifs is 3. The predicted octanol–water partition coefficient (Wildman–Crippen LogP) is 2.59. The molecule has 2 atom stereocenters. The maximum atomic E-state index is 6.41. The highest BCUT2D eigenvalue weighted by atomic mass is 35.5. The van der Waals surface area contributed by atoms with E-state index in [1.807, 2.05) is 6.07 Å². The topological polar surface area (TPSA) is 30.5 Å². The van der Waals surface area contributed by atoms with Crippen molar-refractivity contribution >= 4 is 23.2 Å². The molecule has 1 N–H and O–H groups in total. The largest absolute Gasteiger partial charge is 0.494 e. The van der Waals surface area contributed by atoms with Crippen LogP contribution in [0.1, 0.15) is 17.0 Å². The average Bonchev–Trinajstić information content (AvgIpc) is 2.76. The second-order valence-corrected chi connectivity index (χ2v) is 5.18. The number of nitrogens with one attached hydrogen (secondary N) is 1. The molecule has 3 rings (SSSR count). The molecule has 92 valence electrons. The summed E-state index contributed by atoms with van der Waals surface area (Å²) in [6, 6.07) is 1.90. The fourth-order valence-corrected chi connectivity index (χ4v) is 3.48. The van der Waals surface area contributed by atoms with Crippen molar-refractivity contribution in [1.29, 1.82) is 0 Å². The van der Waals surface area contributed by atoms with Gasteiger partial charge in [0.2, 0.25) is 0 Å². The van der Waals surface area contributed by atoms with E-state index in [1.165, 1.54) is 0 Å². The summed E-state index contributed by atoms with van der Waals surface area (Å²) in [5.74, 6) is 0.872. The van der Waals surface area contributed by atoms with Gasteiger partial charge in [0.1, 0.15) is 0 Å². The monoisotopic (exact) mass is 273 g/mol. The maximum absolute atomic E-state index is 6.41.